The van der Waals surface area contributed by atoms with Crippen molar-refractivity contribution in [3.63, 3.8) is 0 Å². The minimum Gasteiger partial charge on any atom is -0.310 e. The van der Waals surface area contributed by atoms with E-state index in [9.17, 15) is 13.2 Å². The van der Waals surface area contributed by atoms with Crippen LogP contribution in [0.3, 0.4) is 0 Å². The summed E-state index contributed by atoms with van der Waals surface area (Å²) in [6.07, 6.45) is 1.29. The fraction of sp³-hybridized carbons (Fsp3) is 0.278. The number of carbonyl (C=O) groups excluding carboxylic acids is 1. The van der Waals surface area contributed by atoms with Crippen molar-refractivity contribution in [3.05, 3.63) is 53.6 Å². The van der Waals surface area contributed by atoms with Crippen LogP contribution >= 0.6 is 0 Å². The normalized spacial score (nSPS) is 14.9. The number of hydrogen-bond acceptors (Lipinski definition) is 3. The van der Waals surface area contributed by atoms with Gasteiger partial charge in [0.15, 0.2) is 0 Å². The van der Waals surface area contributed by atoms with E-state index in [0.29, 0.717) is 24.3 Å². The molecule has 0 atom stereocenters. The highest BCUT2D eigenvalue weighted by Crippen LogP contribution is 2.32. The number of aryl methyl sites for hydroxylation is 2. The molecular formula is C18H20N2O3S. The molecule has 0 aliphatic carbocycles. The van der Waals surface area contributed by atoms with Crippen LogP contribution < -0.4 is 9.62 Å². The van der Waals surface area contributed by atoms with Crippen molar-refractivity contribution in [1.29, 1.82) is 0 Å². The van der Waals surface area contributed by atoms with E-state index in [-0.39, 0.29) is 10.8 Å². The Labute approximate surface area is 142 Å². The SMILES string of the molecule is Cc1ccc(S(=O)(=O)Nc2cc(C)ccc2N2CCCC2=O)cc1. The molecule has 1 aliphatic rings. The molecule has 6 heteroatoms. The molecule has 0 unspecified atom stereocenters. The minimum absolute atomic E-state index is 0.0228. The van der Waals surface area contributed by atoms with Crippen molar-refractivity contribution in [3.8, 4) is 0 Å². The van der Waals surface area contributed by atoms with Gasteiger partial charge >= 0.3 is 0 Å². The van der Waals surface area contributed by atoms with Gasteiger partial charge in [-0.3, -0.25) is 9.52 Å². The molecule has 0 aromatic heterocycles. The molecule has 3 rings (SSSR count). The number of carbonyl (C=O) groups is 1. The van der Waals surface area contributed by atoms with E-state index < -0.39 is 10.0 Å². The number of amides is 1. The predicted molar refractivity (Wildman–Crippen MR) is 94.8 cm³/mol. The Balaban J connectivity index is 1.98. The summed E-state index contributed by atoms with van der Waals surface area (Å²) in [6, 6.07) is 12.1. The zero-order valence-electron chi connectivity index (χ0n) is 13.7. The van der Waals surface area contributed by atoms with Gasteiger partial charge in [0.1, 0.15) is 0 Å². The van der Waals surface area contributed by atoms with E-state index in [0.717, 1.165) is 17.5 Å². The van der Waals surface area contributed by atoms with Crippen LogP contribution in [0.5, 0.6) is 0 Å². The molecule has 0 radical (unpaired) electrons. The van der Waals surface area contributed by atoms with Crippen molar-refractivity contribution in [1.82, 2.24) is 0 Å². The van der Waals surface area contributed by atoms with Crippen molar-refractivity contribution >= 4 is 27.3 Å². The Morgan fingerprint density at radius 2 is 1.67 bits per heavy atom. The van der Waals surface area contributed by atoms with Gasteiger partial charge in [0.2, 0.25) is 5.91 Å². The first-order chi connectivity index (χ1) is 11.4. The van der Waals surface area contributed by atoms with Crippen LogP contribution in [0.1, 0.15) is 24.0 Å². The van der Waals surface area contributed by atoms with Gasteiger partial charge in [0.25, 0.3) is 10.0 Å². The van der Waals surface area contributed by atoms with Gasteiger partial charge in [-0.15, -0.1) is 0 Å². The second-order valence-corrected chi connectivity index (χ2v) is 7.77. The molecule has 1 amide bonds. The third kappa shape index (κ3) is 3.28. The summed E-state index contributed by atoms with van der Waals surface area (Å²) in [5.41, 5.74) is 2.96. The van der Waals surface area contributed by atoms with Gasteiger partial charge in [-0.1, -0.05) is 23.8 Å². The molecule has 1 aliphatic heterocycles. The van der Waals surface area contributed by atoms with E-state index in [1.807, 2.05) is 19.9 Å². The molecule has 1 heterocycles. The van der Waals surface area contributed by atoms with E-state index in [1.54, 1.807) is 41.3 Å². The summed E-state index contributed by atoms with van der Waals surface area (Å²) >= 11 is 0. The molecule has 0 saturated carbocycles. The summed E-state index contributed by atoms with van der Waals surface area (Å²) in [5, 5.41) is 0. The number of rotatable bonds is 4. The lowest BCUT2D eigenvalue weighted by Crippen LogP contribution is -2.25. The highest BCUT2D eigenvalue weighted by atomic mass is 32.2. The summed E-state index contributed by atoms with van der Waals surface area (Å²) in [6.45, 7) is 4.40. The maximum atomic E-state index is 12.7. The summed E-state index contributed by atoms with van der Waals surface area (Å²) in [7, 11) is -3.70. The molecule has 1 saturated heterocycles. The highest BCUT2D eigenvalue weighted by Gasteiger charge is 2.25. The van der Waals surface area contributed by atoms with Gasteiger partial charge in [0.05, 0.1) is 16.3 Å². The van der Waals surface area contributed by atoms with E-state index in [1.165, 1.54) is 0 Å². The summed E-state index contributed by atoms with van der Waals surface area (Å²) < 4.78 is 28.0. The second kappa shape index (κ2) is 6.28. The van der Waals surface area contributed by atoms with Crippen LogP contribution in [0, 0.1) is 13.8 Å². The van der Waals surface area contributed by atoms with Crippen LogP contribution in [0.25, 0.3) is 0 Å². The number of nitrogens with one attached hydrogen (secondary N) is 1. The maximum absolute atomic E-state index is 12.7. The van der Waals surface area contributed by atoms with Crippen LogP contribution in [0.4, 0.5) is 11.4 Å². The molecule has 126 valence electrons. The van der Waals surface area contributed by atoms with Crippen molar-refractivity contribution < 1.29 is 13.2 Å². The van der Waals surface area contributed by atoms with Gasteiger partial charge < -0.3 is 4.90 Å². The molecule has 1 fully saturated rings. The smallest absolute Gasteiger partial charge is 0.261 e. The van der Waals surface area contributed by atoms with E-state index in [4.69, 9.17) is 0 Å². The Kier molecular flexibility index (Phi) is 4.32. The van der Waals surface area contributed by atoms with Crippen molar-refractivity contribution in [2.45, 2.75) is 31.6 Å². The fourth-order valence-electron chi connectivity index (χ4n) is 2.79. The Bertz CT molecular complexity index is 874. The molecule has 0 bridgehead atoms. The lowest BCUT2D eigenvalue weighted by atomic mass is 10.2. The standard InChI is InChI=1S/C18H20N2O3S/c1-13-5-8-15(9-6-13)24(22,23)19-16-12-14(2)7-10-17(16)20-11-3-4-18(20)21/h5-10,12,19H,3-4,11H2,1-2H3. The predicted octanol–water partition coefficient (Wildman–Crippen LogP) is 3.23. The first kappa shape index (κ1) is 16.5. The quantitative estimate of drug-likeness (QED) is 0.926. The van der Waals surface area contributed by atoms with Crippen LogP contribution in [-0.4, -0.2) is 20.9 Å². The van der Waals surface area contributed by atoms with Gasteiger partial charge in [-0.2, -0.15) is 0 Å². The third-order valence-corrected chi connectivity index (χ3v) is 5.47. The molecule has 24 heavy (non-hydrogen) atoms. The molecule has 2 aromatic rings. The lowest BCUT2D eigenvalue weighted by Gasteiger charge is -2.21. The average molecular weight is 344 g/mol. The van der Waals surface area contributed by atoms with Crippen LogP contribution in [0.15, 0.2) is 47.4 Å². The number of hydrogen-bond donors (Lipinski definition) is 1. The zero-order chi connectivity index (χ0) is 17.3. The zero-order valence-corrected chi connectivity index (χ0v) is 14.6. The fourth-order valence-corrected chi connectivity index (χ4v) is 3.86. The number of benzene rings is 2. The number of anilines is 2. The van der Waals surface area contributed by atoms with Crippen molar-refractivity contribution in [2.75, 3.05) is 16.2 Å². The van der Waals surface area contributed by atoms with Gasteiger partial charge in [0, 0.05) is 13.0 Å². The minimum atomic E-state index is -3.70. The van der Waals surface area contributed by atoms with Crippen LogP contribution in [-0.2, 0) is 14.8 Å². The summed E-state index contributed by atoms with van der Waals surface area (Å²) in [5.74, 6) is 0.0228. The highest BCUT2D eigenvalue weighted by molar-refractivity contribution is 7.92. The first-order valence-corrected chi connectivity index (χ1v) is 9.36. The molecular weight excluding hydrogens is 324 g/mol. The lowest BCUT2D eigenvalue weighted by molar-refractivity contribution is -0.117. The Hall–Kier alpha value is -2.34. The van der Waals surface area contributed by atoms with Gasteiger partial charge in [-0.05, 0) is 50.1 Å². The molecule has 5 nitrogen and oxygen atoms in total. The Morgan fingerprint density at radius 3 is 2.29 bits per heavy atom. The van der Waals surface area contributed by atoms with E-state index in [2.05, 4.69) is 4.72 Å². The van der Waals surface area contributed by atoms with Crippen molar-refractivity contribution in [2.24, 2.45) is 0 Å². The molecule has 2 aromatic carbocycles. The first-order valence-electron chi connectivity index (χ1n) is 7.87. The number of sulfonamides is 1. The second-order valence-electron chi connectivity index (χ2n) is 6.09. The van der Waals surface area contributed by atoms with Crippen LogP contribution in [0.2, 0.25) is 0 Å². The van der Waals surface area contributed by atoms with E-state index >= 15 is 0 Å². The molecule has 1 N–H and O–H groups in total. The topological polar surface area (TPSA) is 66.5 Å². The third-order valence-electron chi connectivity index (χ3n) is 4.09. The maximum Gasteiger partial charge on any atom is 0.261 e. The summed E-state index contributed by atoms with van der Waals surface area (Å²) in [4.78, 5) is 13.9. The van der Waals surface area contributed by atoms with Gasteiger partial charge in [-0.25, -0.2) is 8.42 Å². The number of nitrogens with zero attached hydrogens (tertiary/aromatic N) is 1. The monoisotopic (exact) mass is 344 g/mol. The average Bonchev–Trinajstić information content (AvgIpc) is 2.93. The molecule has 0 spiro atoms. The Morgan fingerprint density at radius 1 is 1.00 bits per heavy atom. The largest absolute Gasteiger partial charge is 0.310 e.